The Morgan fingerprint density at radius 2 is 1.72 bits per heavy atom. The lowest BCUT2D eigenvalue weighted by Crippen LogP contribution is -2.56. The van der Waals surface area contributed by atoms with Gasteiger partial charge in [0.25, 0.3) is 0 Å². The lowest BCUT2D eigenvalue weighted by molar-refractivity contribution is -0.138. The number of rotatable bonds is 1. The van der Waals surface area contributed by atoms with Crippen molar-refractivity contribution in [3.8, 4) is 0 Å². The van der Waals surface area contributed by atoms with E-state index in [4.69, 9.17) is 0 Å². The van der Waals surface area contributed by atoms with Gasteiger partial charge in [-0.1, -0.05) is 6.92 Å². The summed E-state index contributed by atoms with van der Waals surface area (Å²) in [4.78, 5) is 17.0. The summed E-state index contributed by atoms with van der Waals surface area (Å²) >= 11 is 0. The number of hydrogen-bond donors (Lipinski definition) is 1. The number of nitrogens with one attached hydrogen (secondary N) is 1. The Hall–Kier alpha value is -0.610. The molecule has 0 radical (unpaired) electrons. The fourth-order valence-electron chi connectivity index (χ4n) is 2.97. The molecule has 2 rings (SSSR count). The van der Waals surface area contributed by atoms with Crippen LogP contribution < -0.4 is 5.32 Å². The number of hydrogen-bond acceptors (Lipinski definition) is 3. The Bertz CT molecular complexity index is 303. The molecule has 0 spiro atoms. The lowest BCUT2D eigenvalue weighted by Gasteiger charge is -2.43. The van der Waals surface area contributed by atoms with Crippen LogP contribution in [0, 0.1) is 11.8 Å². The summed E-state index contributed by atoms with van der Waals surface area (Å²) in [7, 11) is 0. The van der Waals surface area contributed by atoms with Crippen molar-refractivity contribution in [2.45, 2.75) is 33.2 Å². The molecule has 0 unspecified atom stereocenters. The largest absolute Gasteiger partial charge is 0.340 e. The number of piperazine rings is 1. The highest BCUT2D eigenvalue weighted by molar-refractivity contribution is 5.79. The number of carbonyl (C=O) groups excluding carboxylic acids is 1. The third kappa shape index (κ3) is 2.86. The van der Waals surface area contributed by atoms with Crippen molar-refractivity contribution in [2.75, 3.05) is 39.3 Å². The van der Waals surface area contributed by atoms with E-state index >= 15 is 0 Å². The van der Waals surface area contributed by atoms with Gasteiger partial charge in [0.2, 0.25) is 5.91 Å². The zero-order valence-corrected chi connectivity index (χ0v) is 12.2. The van der Waals surface area contributed by atoms with E-state index in [0.29, 0.717) is 11.8 Å². The maximum absolute atomic E-state index is 12.4. The molecule has 2 saturated heterocycles. The maximum atomic E-state index is 12.4. The van der Waals surface area contributed by atoms with E-state index in [0.717, 1.165) is 39.3 Å². The summed E-state index contributed by atoms with van der Waals surface area (Å²) < 4.78 is 0. The third-order valence-electron chi connectivity index (χ3n) is 4.37. The fraction of sp³-hybridized carbons (Fsp3) is 0.929. The van der Waals surface area contributed by atoms with E-state index in [-0.39, 0.29) is 11.5 Å². The Morgan fingerprint density at radius 3 is 2.17 bits per heavy atom. The van der Waals surface area contributed by atoms with Gasteiger partial charge in [-0.15, -0.1) is 0 Å². The molecule has 2 atom stereocenters. The standard InChI is InChI=1S/C14H27N3O/c1-11-9-15-10-12(11)13(18)16-5-7-17(8-6-16)14(2,3)4/h11-12,15H,5-10H2,1-4H3/t11-,12-/m1/s1. The van der Waals surface area contributed by atoms with Crippen molar-refractivity contribution in [1.82, 2.24) is 15.1 Å². The average Bonchev–Trinajstić information content (AvgIpc) is 2.73. The summed E-state index contributed by atoms with van der Waals surface area (Å²) in [6.07, 6.45) is 0. The second-order valence-corrected chi connectivity index (χ2v) is 6.73. The van der Waals surface area contributed by atoms with Crippen molar-refractivity contribution in [1.29, 1.82) is 0 Å². The first-order chi connectivity index (χ1) is 8.39. The Labute approximate surface area is 111 Å². The minimum absolute atomic E-state index is 0.200. The molecule has 0 aromatic rings. The molecule has 2 heterocycles. The molecule has 0 aromatic carbocycles. The molecule has 4 heteroatoms. The van der Waals surface area contributed by atoms with E-state index < -0.39 is 0 Å². The average molecular weight is 253 g/mol. The summed E-state index contributed by atoms with van der Waals surface area (Å²) in [6.45, 7) is 14.5. The van der Waals surface area contributed by atoms with Crippen molar-refractivity contribution in [3.05, 3.63) is 0 Å². The van der Waals surface area contributed by atoms with Crippen molar-refractivity contribution >= 4 is 5.91 Å². The summed E-state index contributed by atoms with van der Waals surface area (Å²) in [5.41, 5.74) is 0.220. The minimum atomic E-state index is 0.200. The van der Waals surface area contributed by atoms with Crippen LogP contribution in [0.25, 0.3) is 0 Å². The summed E-state index contributed by atoms with van der Waals surface area (Å²) in [5.74, 6) is 1.05. The fourth-order valence-corrected chi connectivity index (χ4v) is 2.97. The van der Waals surface area contributed by atoms with E-state index in [2.05, 4.69) is 42.8 Å². The second kappa shape index (κ2) is 5.17. The molecular formula is C14H27N3O. The predicted octanol–water partition coefficient (Wildman–Crippen LogP) is 0.785. The molecule has 0 aromatic heterocycles. The van der Waals surface area contributed by atoms with Crippen molar-refractivity contribution in [3.63, 3.8) is 0 Å². The molecule has 1 N–H and O–H groups in total. The van der Waals surface area contributed by atoms with Gasteiger partial charge < -0.3 is 10.2 Å². The van der Waals surface area contributed by atoms with Crippen LogP contribution in [0.1, 0.15) is 27.7 Å². The van der Waals surface area contributed by atoms with E-state index in [9.17, 15) is 4.79 Å². The van der Waals surface area contributed by atoms with Gasteiger partial charge in [0, 0.05) is 38.3 Å². The monoisotopic (exact) mass is 253 g/mol. The van der Waals surface area contributed by atoms with Gasteiger partial charge in [-0.25, -0.2) is 0 Å². The molecule has 104 valence electrons. The molecule has 2 aliphatic heterocycles. The Kier molecular flexibility index (Phi) is 3.97. The van der Waals surface area contributed by atoms with Crippen molar-refractivity contribution < 1.29 is 4.79 Å². The van der Waals surface area contributed by atoms with Gasteiger partial charge in [-0.3, -0.25) is 9.69 Å². The van der Waals surface area contributed by atoms with E-state index in [1.807, 2.05) is 0 Å². The summed E-state index contributed by atoms with van der Waals surface area (Å²) in [5, 5.41) is 3.32. The van der Waals surface area contributed by atoms with E-state index in [1.165, 1.54) is 0 Å². The lowest BCUT2D eigenvalue weighted by atomic mass is 9.96. The van der Waals surface area contributed by atoms with Gasteiger partial charge in [0.05, 0.1) is 5.92 Å². The molecule has 0 bridgehead atoms. The van der Waals surface area contributed by atoms with Crippen LogP contribution in [0.15, 0.2) is 0 Å². The SMILES string of the molecule is C[C@@H]1CNC[C@H]1C(=O)N1CCN(C(C)(C)C)CC1. The van der Waals surface area contributed by atoms with Gasteiger partial charge >= 0.3 is 0 Å². The highest BCUT2D eigenvalue weighted by Gasteiger charge is 2.35. The van der Waals surface area contributed by atoms with Crippen LogP contribution in [0.4, 0.5) is 0 Å². The van der Waals surface area contributed by atoms with Gasteiger partial charge in [-0.2, -0.15) is 0 Å². The molecule has 1 amide bonds. The third-order valence-corrected chi connectivity index (χ3v) is 4.37. The van der Waals surface area contributed by atoms with Crippen LogP contribution in [-0.4, -0.2) is 60.5 Å². The second-order valence-electron chi connectivity index (χ2n) is 6.73. The molecule has 18 heavy (non-hydrogen) atoms. The maximum Gasteiger partial charge on any atom is 0.227 e. The quantitative estimate of drug-likeness (QED) is 0.750. The number of nitrogens with zero attached hydrogens (tertiary/aromatic N) is 2. The van der Waals surface area contributed by atoms with Crippen LogP contribution >= 0.6 is 0 Å². The zero-order chi connectivity index (χ0) is 13.3. The highest BCUT2D eigenvalue weighted by atomic mass is 16.2. The first kappa shape index (κ1) is 13.8. The first-order valence-corrected chi connectivity index (χ1v) is 7.14. The minimum Gasteiger partial charge on any atom is -0.340 e. The molecule has 2 aliphatic rings. The molecule has 2 fully saturated rings. The molecule has 0 saturated carbocycles. The predicted molar refractivity (Wildman–Crippen MR) is 73.4 cm³/mol. The number of carbonyl (C=O) groups is 1. The normalized spacial score (nSPS) is 30.8. The highest BCUT2D eigenvalue weighted by Crippen LogP contribution is 2.21. The van der Waals surface area contributed by atoms with Crippen molar-refractivity contribution in [2.24, 2.45) is 11.8 Å². The number of amides is 1. The first-order valence-electron chi connectivity index (χ1n) is 7.14. The van der Waals surface area contributed by atoms with Crippen LogP contribution in [-0.2, 0) is 4.79 Å². The molecular weight excluding hydrogens is 226 g/mol. The Balaban J connectivity index is 1.88. The Morgan fingerprint density at radius 1 is 1.11 bits per heavy atom. The van der Waals surface area contributed by atoms with Gasteiger partial charge in [0.1, 0.15) is 0 Å². The topological polar surface area (TPSA) is 35.6 Å². The van der Waals surface area contributed by atoms with E-state index in [1.54, 1.807) is 0 Å². The summed E-state index contributed by atoms with van der Waals surface area (Å²) in [6, 6.07) is 0. The van der Waals surface area contributed by atoms with Gasteiger partial charge in [-0.05, 0) is 33.2 Å². The molecule has 4 nitrogen and oxygen atoms in total. The molecule has 0 aliphatic carbocycles. The zero-order valence-electron chi connectivity index (χ0n) is 12.2. The van der Waals surface area contributed by atoms with Gasteiger partial charge in [0.15, 0.2) is 0 Å². The van der Waals surface area contributed by atoms with Crippen LogP contribution in [0.5, 0.6) is 0 Å². The van der Waals surface area contributed by atoms with Crippen LogP contribution in [0.2, 0.25) is 0 Å². The smallest absolute Gasteiger partial charge is 0.227 e. The van der Waals surface area contributed by atoms with Crippen LogP contribution in [0.3, 0.4) is 0 Å².